The van der Waals surface area contributed by atoms with E-state index in [2.05, 4.69) is 4.90 Å². The van der Waals surface area contributed by atoms with Crippen LogP contribution in [-0.2, 0) is 16.6 Å². The molecule has 1 N–H and O–H groups in total. The average molecular weight is 515 g/mol. The van der Waals surface area contributed by atoms with Gasteiger partial charge in [0, 0.05) is 25.7 Å². The summed E-state index contributed by atoms with van der Waals surface area (Å²) in [7, 11) is -3.77. The van der Waals surface area contributed by atoms with Crippen molar-refractivity contribution in [3.63, 3.8) is 0 Å². The number of nitrogens with one attached hydrogen (secondary N) is 1. The molecule has 0 atom stereocenters. The number of hydrogen-bond donors (Lipinski definition) is 1. The number of amides is 1. The van der Waals surface area contributed by atoms with Crippen LogP contribution in [-0.4, -0.2) is 44.7 Å². The zero-order valence-corrected chi connectivity index (χ0v) is 20.4. The van der Waals surface area contributed by atoms with E-state index in [-0.39, 0.29) is 17.6 Å². The molecule has 0 spiro atoms. The number of ether oxygens (including phenoxy) is 1. The van der Waals surface area contributed by atoms with Gasteiger partial charge in [0.15, 0.2) is 0 Å². The van der Waals surface area contributed by atoms with Gasteiger partial charge in [0.2, 0.25) is 10.0 Å². The molecule has 33 heavy (non-hydrogen) atoms. The van der Waals surface area contributed by atoms with E-state index in [0.717, 1.165) is 56.2 Å². The Bertz CT molecular complexity index is 1160. The molecule has 2 aliphatic rings. The van der Waals surface area contributed by atoms with E-state index in [1.165, 1.54) is 12.1 Å². The van der Waals surface area contributed by atoms with Gasteiger partial charge in [-0.3, -0.25) is 9.69 Å². The first-order valence-electron chi connectivity index (χ1n) is 10.8. The van der Waals surface area contributed by atoms with Crippen LogP contribution in [0.3, 0.4) is 0 Å². The molecule has 6 nitrogen and oxygen atoms in total. The molecule has 1 saturated carbocycles. The minimum Gasteiger partial charge on any atom is -0.490 e. The van der Waals surface area contributed by atoms with E-state index < -0.39 is 21.7 Å². The number of carbonyl (C=O) groups is 1. The maximum Gasteiger partial charge on any atom is 0.267 e. The number of piperidine rings is 1. The lowest BCUT2D eigenvalue weighted by Crippen LogP contribution is -2.38. The molecule has 0 aromatic heterocycles. The number of halogens is 3. The third kappa shape index (κ3) is 6.38. The number of carbonyl (C=O) groups excluding carboxylic acids is 1. The molecule has 2 fully saturated rings. The summed E-state index contributed by atoms with van der Waals surface area (Å²) in [6.45, 7) is 2.14. The van der Waals surface area contributed by atoms with Gasteiger partial charge in [-0.1, -0.05) is 23.2 Å². The van der Waals surface area contributed by atoms with Crippen molar-refractivity contribution in [2.24, 2.45) is 0 Å². The first-order chi connectivity index (χ1) is 15.6. The third-order valence-corrected chi connectivity index (χ3v) is 7.19. The SMILES string of the molecule is CS(=O)(=O)NC(=O)c1cc(C2CC2)c(CN2CCC(Oc3ccc(Cl)c(Cl)c3)CC2)cc1F. The van der Waals surface area contributed by atoms with E-state index in [4.69, 9.17) is 27.9 Å². The molecular formula is C23H25Cl2FN2O4S. The molecule has 0 unspecified atom stereocenters. The van der Waals surface area contributed by atoms with Crippen molar-refractivity contribution in [2.75, 3.05) is 19.3 Å². The Kier molecular flexibility index (Phi) is 7.19. The molecule has 1 heterocycles. The summed E-state index contributed by atoms with van der Waals surface area (Å²) in [4.78, 5) is 14.5. The van der Waals surface area contributed by atoms with Crippen LogP contribution in [0.4, 0.5) is 4.39 Å². The van der Waals surface area contributed by atoms with Crippen molar-refractivity contribution in [3.05, 3.63) is 62.9 Å². The van der Waals surface area contributed by atoms with Gasteiger partial charge < -0.3 is 4.74 Å². The van der Waals surface area contributed by atoms with E-state index >= 15 is 0 Å². The molecule has 1 saturated heterocycles. The lowest BCUT2D eigenvalue weighted by Gasteiger charge is -2.32. The van der Waals surface area contributed by atoms with Gasteiger partial charge >= 0.3 is 0 Å². The van der Waals surface area contributed by atoms with Gasteiger partial charge in [-0.25, -0.2) is 17.5 Å². The lowest BCUT2D eigenvalue weighted by atomic mass is 9.97. The quantitative estimate of drug-likeness (QED) is 0.577. The van der Waals surface area contributed by atoms with Crippen molar-refractivity contribution in [1.29, 1.82) is 0 Å². The van der Waals surface area contributed by atoms with Gasteiger partial charge in [-0.2, -0.15) is 0 Å². The number of likely N-dealkylation sites (tertiary alicyclic amines) is 1. The van der Waals surface area contributed by atoms with Gasteiger partial charge in [0.1, 0.15) is 17.7 Å². The normalized spacial score (nSPS) is 17.7. The molecule has 1 aliphatic carbocycles. The minimum atomic E-state index is -3.77. The van der Waals surface area contributed by atoms with Crippen molar-refractivity contribution < 1.29 is 22.3 Å². The molecule has 0 bridgehead atoms. The summed E-state index contributed by atoms with van der Waals surface area (Å²) in [5.41, 5.74) is 1.53. The topological polar surface area (TPSA) is 75.7 Å². The van der Waals surface area contributed by atoms with Crippen LogP contribution in [0.2, 0.25) is 10.0 Å². The number of benzene rings is 2. The second-order valence-electron chi connectivity index (χ2n) is 8.68. The van der Waals surface area contributed by atoms with E-state index in [0.29, 0.717) is 22.3 Å². The summed E-state index contributed by atoms with van der Waals surface area (Å²) in [6, 6.07) is 8.11. The molecule has 1 aliphatic heterocycles. The Morgan fingerprint density at radius 1 is 1.12 bits per heavy atom. The van der Waals surface area contributed by atoms with Crippen LogP contribution >= 0.6 is 23.2 Å². The van der Waals surface area contributed by atoms with Crippen LogP contribution in [0.1, 0.15) is 53.1 Å². The van der Waals surface area contributed by atoms with Crippen molar-refractivity contribution in [1.82, 2.24) is 9.62 Å². The van der Waals surface area contributed by atoms with Gasteiger partial charge in [-0.15, -0.1) is 0 Å². The minimum absolute atomic E-state index is 0.0557. The first-order valence-corrected chi connectivity index (χ1v) is 13.4. The Morgan fingerprint density at radius 2 is 1.82 bits per heavy atom. The van der Waals surface area contributed by atoms with Crippen LogP contribution in [0, 0.1) is 5.82 Å². The fraction of sp³-hybridized carbons (Fsp3) is 0.435. The van der Waals surface area contributed by atoms with E-state index in [9.17, 15) is 17.6 Å². The van der Waals surface area contributed by atoms with Crippen molar-refractivity contribution >= 4 is 39.1 Å². The van der Waals surface area contributed by atoms with Crippen LogP contribution in [0.25, 0.3) is 0 Å². The molecular weight excluding hydrogens is 490 g/mol. The third-order valence-electron chi connectivity index (χ3n) is 5.89. The number of nitrogens with zero attached hydrogens (tertiary/aromatic N) is 1. The summed E-state index contributed by atoms with van der Waals surface area (Å²) < 4.78 is 45.4. The smallest absolute Gasteiger partial charge is 0.267 e. The molecule has 1 amide bonds. The molecule has 2 aromatic carbocycles. The number of rotatable bonds is 7. The molecule has 2 aromatic rings. The molecule has 178 valence electrons. The lowest BCUT2D eigenvalue weighted by molar-refractivity contribution is 0.0961. The Balaban J connectivity index is 1.41. The van der Waals surface area contributed by atoms with Gasteiger partial charge in [0.05, 0.1) is 21.9 Å². The van der Waals surface area contributed by atoms with Crippen molar-refractivity contribution in [2.45, 2.75) is 44.2 Å². The fourth-order valence-corrected chi connectivity index (χ4v) is 4.84. The zero-order valence-electron chi connectivity index (χ0n) is 18.1. The highest BCUT2D eigenvalue weighted by molar-refractivity contribution is 7.89. The van der Waals surface area contributed by atoms with Crippen LogP contribution in [0.15, 0.2) is 30.3 Å². The highest BCUT2D eigenvalue weighted by Crippen LogP contribution is 2.43. The fourth-order valence-electron chi connectivity index (χ4n) is 4.11. The molecule has 10 heteroatoms. The number of hydrogen-bond acceptors (Lipinski definition) is 5. The standard InChI is InChI=1S/C23H25Cl2FN2O4S/c1-33(30,31)27-23(29)19-12-18(14-2-3-14)15(10-22(19)26)13-28-8-6-16(7-9-28)32-17-4-5-20(24)21(25)11-17/h4-5,10-12,14,16H,2-3,6-9,13H2,1H3,(H,27,29). The van der Waals surface area contributed by atoms with Crippen LogP contribution < -0.4 is 9.46 Å². The Morgan fingerprint density at radius 3 is 2.42 bits per heavy atom. The maximum atomic E-state index is 14.7. The van der Waals surface area contributed by atoms with Gasteiger partial charge in [-0.05, 0) is 67.0 Å². The summed E-state index contributed by atoms with van der Waals surface area (Å²) in [6.07, 6.45) is 4.51. The highest BCUT2D eigenvalue weighted by atomic mass is 35.5. The largest absolute Gasteiger partial charge is 0.490 e. The predicted molar refractivity (Wildman–Crippen MR) is 126 cm³/mol. The second-order valence-corrected chi connectivity index (χ2v) is 11.2. The first kappa shape index (κ1) is 24.3. The average Bonchev–Trinajstić information content (AvgIpc) is 3.56. The molecule has 0 radical (unpaired) electrons. The maximum absolute atomic E-state index is 14.7. The van der Waals surface area contributed by atoms with Gasteiger partial charge in [0.25, 0.3) is 5.91 Å². The van der Waals surface area contributed by atoms with Crippen LogP contribution in [0.5, 0.6) is 5.75 Å². The summed E-state index contributed by atoms with van der Waals surface area (Å²) >= 11 is 12.0. The van der Waals surface area contributed by atoms with E-state index in [1.807, 2.05) is 4.72 Å². The predicted octanol–water partition coefficient (Wildman–Crippen LogP) is 4.74. The summed E-state index contributed by atoms with van der Waals surface area (Å²) in [5.74, 6) is -0.693. The molecule has 4 rings (SSSR count). The number of sulfonamides is 1. The highest BCUT2D eigenvalue weighted by Gasteiger charge is 2.30. The van der Waals surface area contributed by atoms with Crippen molar-refractivity contribution in [3.8, 4) is 5.75 Å². The zero-order chi connectivity index (χ0) is 23.8. The Labute approximate surface area is 203 Å². The van der Waals surface area contributed by atoms with E-state index in [1.54, 1.807) is 18.2 Å². The Hall–Kier alpha value is -1.87. The summed E-state index contributed by atoms with van der Waals surface area (Å²) in [5, 5.41) is 0.937. The second kappa shape index (κ2) is 9.78. The monoisotopic (exact) mass is 514 g/mol.